The van der Waals surface area contributed by atoms with Crippen molar-refractivity contribution in [3.05, 3.63) is 94.1 Å². The summed E-state index contributed by atoms with van der Waals surface area (Å²) in [5, 5.41) is 6.60. The van der Waals surface area contributed by atoms with Gasteiger partial charge in [0, 0.05) is 79.9 Å². The number of carbonyl (C=O) groups excluding carboxylic acids is 4. The van der Waals surface area contributed by atoms with Crippen LogP contribution in [0, 0.1) is 23.7 Å². The highest BCUT2D eigenvalue weighted by atomic mass is 32.1. The lowest BCUT2D eigenvalue weighted by Gasteiger charge is -2.28. The second kappa shape index (κ2) is 45.3. The summed E-state index contributed by atoms with van der Waals surface area (Å²) in [6.07, 6.45) is 18.1. The van der Waals surface area contributed by atoms with Crippen LogP contribution in [0.15, 0.2) is 72.2 Å². The Morgan fingerprint density at radius 3 is 1.81 bits per heavy atom. The molecule has 3 atom stereocenters. The van der Waals surface area contributed by atoms with Crippen molar-refractivity contribution < 1.29 is 28.7 Å². The maximum Gasteiger partial charge on any atom is 0.256 e. The molecule has 0 bridgehead atoms. The third kappa shape index (κ3) is 28.0. The van der Waals surface area contributed by atoms with Crippen molar-refractivity contribution in [2.75, 3.05) is 27.4 Å². The van der Waals surface area contributed by atoms with Gasteiger partial charge in [0.25, 0.3) is 5.91 Å². The number of likely N-dealkylation sites (N-methyl/N-ethyl adjacent to an activating group) is 1. The van der Waals surface area contributed by atoms with Gasteiger partial charge in [-0.05, 0) is 99.5 Å². The number of ether oxygens (including phenoxy) is 2. The molecular formula is C67H111N7O6S. The number of unbranched alkanes of at least 4 members (excludes halogenated alkanes) is 1. The molecule has 13 nitrogen and oxygen atoms in total. The van der Waals surface area contributed by atoms with E-state index >= 15 is 0 Å². The first-order valence-corrected chi connectivity index (χ1v) is 31.4. The maximum absolute atomic E-state index is 13.2. The Bertz CT molecular complexity index is 2370. The molecule has 2 fully saturated rings. The molecule has 1 saturated heterocycles. The fourth-order valence-electron chi connectivity index (χ4n) is 8.52. The summed E-state index contributed by atoms with van der Waals surface area (Å²) in [5.41, 5.74) is 10.7. The summed E-state index contributed by atoms with van der Waals surface area (Å²) in [5.74, 6) is 6.10. The summed E-state index contributed by atoms with van der Waals surface area (Å²) in [4.78, 5) is 58.3. The van der Waals surface area contributed by atoms with E-state index in [2.05, 4.69) is 116 Å². The van der Waals surface area contributed by atoms with Crippen LogP contribution in [-0.2, 0) is 54.5 Å². The van der Waals surface area contributed by atoms with Crippen molar-refractivity contribution >= 4 is 46.8 Å². The van der Waals surface area contributed by atoms with E-state index in [1.807, 2.05) is 82.6 Å². The summed E-state index contributed by atoms with van der Waals surface area (Å²) < 4.78 is 13.1. The van der Waals surface area contributed by atoms with E-state index in [0.29, 0.717) is 23.3 Å². The average molecular weight is 1140 g/mol. The molecule has 81 heavy (non-hydrogen) atoms. The predicted molar refractivity (Wildman–Crippen MR) is 343 cm³/mol. The van der Waals surface area contributed by atoms with Gasteiger partial charge in [-0.3, -0.25) is 24.8 Å². The molecule has 3 aromatic heterocycles. The number of nitrogens with one attached hydrogen (secondary N) is 2. The highest BCUT2D eigenvalue weighted by molar-refractivity contribution is 7.10. The van der Waals surface area contributed by atoms with E-state index in [0.717, 1.165) is 85.7 Å². The molecule has 7 rings (SSSR count). The standard InChI is InChI=1S/C37H51N7O4S.C6H6.C6H14.C5H8O.C4H8O.C4H10.C3H8.C2H6/c1-10-24-15-28(33(39-18-24)23(7)48-9)35-27(14-21(3)4)26-16-25(12-13-31(26)44(35)11-2)30-19-49-32(40-30)17-29(36(46)42-38)41-37(47)34(22(5)6)43(8)20-45;1-2-4-6-5-3-1;1-4-5-6(2)3;6-4-5-2-1-3-5;1-2-4-5-3-1;1-3-4-2;1-3-2;1-2/h12-13,15-16,18-23,29,34H,10-11,14,17,38H2,1-9H3,(H,41,47)(H,42,46);1-6H;6H,4-5H2,1-3H3;4-5H,1-3H2;1-4H2;3-4H2,1-2H3;3H2,1-2H3;1-2H3. The van der Waals surface area contributed by atoms with Gasteiger partial charge < -0.3 is 29.1 Å². The third-order valence-corrected chi connectivity index (χ3v) is 14.1. The molecule has 1 aliphatic heterocycles. The minimum absolute atomic E-state index is 0.146. The van der Waals surface area contributed by atoms with Crippen LogP contribution in [0.5, 0.6) is 0 Å². The number of carbonyl (C=O) groups is 4. The number of rotatable bonds is 20. The lowest BCUT2D eigenvalue weighted by Crippen LogP contribution is -2.56. The number of fused-ring (bicyclic) bond motifs is 1. The van der Waals surface area contributed by atoms with Crippen LogP contribution in [0.25, 0.3) is 33.4 Å². The number of hydrazine groups is 1. The first-order valence-electron chi connectivity index (χ1n) is 30.5. The van der Waals surface area contributed by atoms with Gasteiger partial charge in [0.05, 0.1) is 28.2 Å². The fourth-order valence-corrected chi connectivity index (χ4v) is 9.37. The van der Waals surface area contributed by atoms with Crippen molar-refractivity contribution in [3.63, 3.8) is 0 Å². The average Bonchev–Trinajstić information content (AvgIpc) is 4.45. The van der Waals surface area contributed by atoms with Gasteiger partial charge in [0.2, 0.25) is 12.3 Å². The molecule has 14 heteroatoms. The van der Waals surface area contributed by atoms with E-state index in [-0.39, 0.29) is 18.4 Å². The zero-order valence-corrected chi connectivity index (χ0v) is 54.5. The number of benzene rings is 2. The fraction of sp³-hybridized carbons (Fsp3) is 0.612. The highest BCUT2D eigenvalue weighted by Gasteiger charge is 2.31. The Hall–Kier alpha value is -5.28. The van der Waals surface area contributed by atoms with E-state index < -0.39 is 23.9 Å². The van der Waals surface area contributed by atoms with Crippen molar-refractivity contribution in [3.8, 4) is 22.5 Å². The van der Waals surface area contributed by atoms with E-state index in [4.69, 9.17) is 25.3 Å². The number of amides is 3. The summed E-state index contributed by atoms with van der Waals surface area (Å²) in [6.45, 7) is 36.6. The van der Waals surface area contributed by atoms with Crippen LogP contribution < -0.4 is 16.6 Å². The SMILES string of the molecule is C1CCOC1.CC.CCC.CCCC.CCCC(C)C.CCc1cnc(C(C)OC)c(-c2c(CC(C)C)c3cc(-c4csc(CC(NC(=O)C(C(C)C)N(C)C=O)C(=O)NN)n4)ccc3n2CC)c1.O=CC1CCC1.c1ccccc1. The summed E-state index contributed by atoms with van der Waals surface area (Å²) in [7, 11) is 3.26. The van der Waals surface area contributed by atoms with Gasteiger partial charge in [-0.2, -0.15) is 0 Å². The van der Waals surface area contributed by atoms with E-state index in [9.17, 15) is 19.2 Å². The van der Waals surface area contributed by atoms with E-state index in [1.165, 1.54) is 89.8 Å². The lowest BCUT2D eigenvalue weighted by molar-refractivity contribution is -0.136. The number of aldehydes is 1. The van der Waals surface area contributed by atoms with Crippen molar-refractivity contribution in [1.82, 2.24) is 30.2 Å². The molecule has 0 spiro atoms. The highest BCUT2D eigenvalue weighted by Crippen LogP contribution is 2.40. The van der Waals surface area contributed by atoms with Crippen molar-refractivity contribution in [2.24, 2.45) is 29.5 Å². The lowest BCUT2D eigenvalue weighted by atomic mass is 9.87. The third-order valence-electron chi connectivity index (χ3n) is 13.2. The first-order chi connectivity index (χ1) is 38.9. The van der Waals surface area contributed by atoms with Gasteiger partial charge >= 0.3 is 0 Å². The van der Waals surface area contributed by atoms with Crippen LogP contribution in [0.1, 0.15) is 203 Å². The number of hydrogen-bond donors (Lipinski definition) is 3. The smallest absolute Gasteiger partial charge is 0.256 e. The van der Waals surface area contributed by atoms with Crippen molar-refractivity contribution in [2.45, 2.75) is 219 Å². The molecule has 4 N–H and O–H groups in total. The number of pyridine rings is 1. The van der Waals surface area contributed by atoms with Gasteiger partial charge in [-0.25, -0.2) is 10.8 Å². The Kier molecular flexibility index (Phi) is 42.3. The molecular weight excluding hydrogens is 1030 g/mol. The molecule has 3 unspecified atom stereocenters. The number of hydrogen-bond acceptors (Lipinski definition) is 10. The predicted octanol–water partition coefficient (Wildman–Crippen LogP) is 15.6. The van der Waals surface area contributed by atoms with Gasteiger partial charge in [0.1, 0.15) is 18.4 Å². The van der Waals surface area contributed by atoms with E-state index in [1.54, 1.807) is 14.2 Å². The van der Waals surface area contributed by atoms with Crippen LogP contribution >= 0.6 is 11.3 Å². The van der Waals surface area contributed by atoms with Crippen molar-refractivity contribution in [1.29, 1.82) is 0 Å². The second-order valence-electron chi connectivity index (χ2n) is 21.5. The normalized spacial score (nSPS) is 13.3. The van der Waals surface area contributed by atoms with Gasteiger partial charge in [-0.1, -0.05) is 178 Å². The quantitative estimate of drug-likeness (QED) is 0.0297. The topological polar surface area (TPSA) is 171 Å². The minimum atomic E-state index is -0.963. The van der Waals surface area contributed by atoms with Gasteiger partial charge in [-0.15, -0.1) is 11.3 Å². The molecule has 3 amide bonds. The summed E-state index contributed by atoms with van der Waals surface area (Å²) >= 11 is 1.42. The number of nitrogens with two attached hydrogens (primary N) is 1. The molecule has 4 heterocycles. The largest absolute Gasteiger partial charge is 0.381 e. The Balaban J connectivity index is 0.00000160. The second-order valence-corrected chi connectivity index (χ2v) is 22.4. The first kappa shape index (κ1) is 75.7. The molecule has 5 aromatic rings. The number of aromatic nitrogens is 3. The van der Waals surface area contributed by atoms with Crippen LogP contribution in [0.4, 0.5) is 0 Å². The zero-order valence-electron chi connectivity index (χ0n) is 53.7. The Labute approximate surface area is 495 Å². The number of nitrogens with zero attached hydrogens (tertiary/aromatic N) is 4. The minimum Gasteiger partial charge on any atom is -0.381 e. The van der Waals surface area contributed by atoms with Crippen LogP contribution in [-0.4, -0.2) is 83.4 Å². The number of aryl methyl sites for hydroxylation is 2. The number of thiazole rings is 1. The van der Waals surface area contributed by atoms with Gasteiger partial charge in [0.15, 0.2) is 0 Å². The molecule has 2 aromatic carbocycles. The molecule has 456 valence electrons. The monoisotopic (exact) mass is 1140 g/mol. The number of methoxy groups -OCH3 is 1. The molecule has 1 aliphatic carbocycles. The Morgan fingerprint density at radius 1 is 0.840 bits per heavy atom. The maximum atomic E-state index is 13.2. The molecule has 2 aliphatic rings. The van der Waals surface area contributed by atoms with Crippen LogP contribution in [0.3, 0.4) is 0 Å². The van der Waals surface area contributed by atoms with Crippen LogP contribution in [0.2, 0.25) is 0 Å². The summed E-state index contributed by atoms with van der Waals surface area (Å²) in [6, 6.07) is 19.0. The Morgan fingerprint density at radius 2 is 1.43 bits per heavy atom. The molecule has 0 radical (unpaired) electrons. The zero-order chi connectivity index (χ0) is 61.3. The molecule has 1 saturated carbocycles.